The summed E-state index contributed by atoms with van der Waals surface area (Å²) in [6.45, 7) is 4.25. The number of carbonyl (C=O) groups excluding carboxylic acids is 1. The third-order valence-corrected chi connectivity index (χ3v) is 4.89. The van der Waals surface area contributed by atoms with Gasteiger partial charge in [-0.25, -0.2) is 5.01 Å². The van der Waals surface area contributed by atoms with Gasteiger partial charge in [-0.2, -0.15) is 0 Å². The van der Waals surface area contributed by atoms with Crippen LogP contribution in [0.5, 0.6) is 0 Å². The minimum atomic E-state index is -0.114. The van der Waals surface area contributed by atoms with Crippen LogP contribution >= 0.6 is 11.8 Å². The molecule has 1 amide bonds. The molecule has 1 aromatic rings. The van der Waals surface area contributed by atoms with Crippen LogP contribution in [0.2, 0.25) is 0 Å². The molecule has 0 fully saturated rings. The van der Waals surface area contributed by atoms with Crippen molar-refractivity contribution in [2.75, 3.05) is 5.75 Å². The first-order valence-corrected chi connectivity index (χ1v) is 9.22. The van der Waals surface area contributed by atoms with Crippen molar-refractivity contribution in [3.05, 3.63) is 34.8 Å². The molecular formula is C17H22N4OS. The van der Waals surface area contributed by atoms with Gasteiger partial charge in [0.25, 0.3) is 5.91 Å². The first-order chi connectivity index (χ1) is 11.2. The number of nitrogens with zero attached hydrogens (tertiary/aromatic N) is 3. The molecule has 23 heavy (non-hydrogen) atoms. The molecule has 0 radical (unpaired) electrons. The molecule has 0 unspecified atom stereocenters. The number of thioether (sulfide) groups is 1. The topological polar surface area (TPSA) is 57.1 Å². The molecule has 1 N–H and O–H groups in total. The van der Waals surface area contributed by atoms with E-state index in [0.29, 0.717) is 10.9 Å². The fourth-order valence-corrected chi connectivity index (χ4v) is 3.60. The smallest absolute Gasteiger partial charge is 0.276 e. The van der Waals surface area contributed by atoms with Gasteiger partial charge in [0.1, 0.15) is 11.9 Å². The lowest BCUT2D eigenvalue weighted by Crippen LogP contribution is -2.52. The molecule has 3 rings (SSSR count). The van der Waals surface area contributed by atoms with Gasteiger partial charge in [0.05, 0.1) is 5.36 Å². The van der Waals surface area contributed by atoms with E-state index < -0.39 is 0 Å². The lowest BCUT2D eigenvalue weighted by Gasteiger charge is -2.33. The molecule has 6 heteroatoms. The van der Waals surface area contributed by atoms with Crippen molar-refractivity contribution < 1.29 is 4.79 Å². The van der Waals surface area contributed by atoms with Crippen molar-refractivity contribution in [1.29, 1.82) is 0 Å². The number of carbonyl (C=O) groups is 1. The molecule has 0 spiro atoms. The summed E-state index contributed by atoms with van der Waals surface area (Å²) in [6.07, 6.45) is 4.23. The summed E-state index contributed by atoms with van der Waals surface area (Å²) in [5.74, 6) is 0.888. The van der Waals surface area contributed by atoms with E-state index in [-0.39, 0.29) is 12.1 Å². The fraction of sp³-hybridized carbons (Fsp3) is 0.471. The second-order valence-corrected chi connectivity index (χ2v) is 6.73. The van der Waals surface area contributed by atoms with E-state index in [9.17, 15) is 4.79 Å². The zero-order valence-corrected chi connectivity index (χ0v) is 14.4. The second kappa shape index (κ2) is 7.17. The van der Waals surface area contributed by atoms with Crippen LogP contribution in [0.1, 0.15) is 39.5 Å². The number of amidine groups is 1. The van der Waals surface area contributed by atoms with Crippen LogP contribution < -0.4 is 15.9 Å². The second-order valence-electron chi connectivity index (χ2n) is 5.64. The molecule has 0 saturated carbocycles. The van der Waals surface area contributed by atoms with Gasteiger partial charge in [-0.15, -0.1) is 5.10 Å². The Bertz CT molecular complexity index is 743. The zero-order valence-electron chi connectivity index (χ0n) is 13.6. The standard InChI is InChI=1S/C17H22N4OS/c1-3-5-8-11-23-17-19-16(22)15-12-9-6-7-10-13(12)18-14(4-2)21(15)20-17/h6-7,9-10,14H,3-5,8,11H2,1-2H3,(H,19,20,22)/t14-/m1/s1. The maximum atomic E-state index is 12.6. The number of benzene rings is 1. The molecule has 2 aliphatic rings. The number of nitrogens with one attached hydrogen (secondary N) is 1. The number of para-hydroxylation sites is 1. The molecule has 0 bridgehead atoms. The van der Waals surface area contributed by atoms with E-state index in [1.54, 1.807) is 16.8 Å². The molecule has 0 aliphatic carbocycles. The van der Waals surface area contributed by atoms with Crippen molar-refractivity contribution in [2.45, 2.75) is 45.7 Å². The Morgan fingerprint density at radius 3 is 2.87 bits per heavy atom. The Balaban J connectivity index is 1.93. The predicted octanol–water partition coefficient (Wildman–Crippen LogP) is 1.79. The predicted molar refractivity (Wildman–Crippen MR) is 94.1 cm³/mol. The van der Waals surface area contributed by atoms with Gasteiger partial charge >= 0.3 is 0 Å². The van der Waals surface area contributed by atoms with Crippen molar-refractivity contribution >= 4 is 28.5 Å². The van der Waals surface area contributed by atoms with Gasteiger partial charge in [-0.3, -0.25) is 15.1 Å². The minimum absolute atomic E-state index is 0.0845. The van der Waals surface area contributed by atoms with Crippen LogP contribution in [0.15, 0.2) is 34.4 Å². The number of hydrazone groups is 1. The third kappa shape index (κ3) is 3.27. The first kappa shape index (κ1) is 16.1. The van der Waals surface area contributed by atoms with Crippen LogP contribution in [-0.2, 0) is 4.79 Å². The molecule has 2 aliphatic heterocycles. The number of unbranched alkanes of at least 4 members (excludes halogenated alkanes) is 2. The summed E-state index contributed by atoms with van der Waals surface area (Å²) in [5, 5.41) is 11.8. The van der Waals surface area contributed by atoms with Crippen LogP contribution in [0.4, 0.5) is 0 Å². The Hall–Kier alpha value is -1.82. The summed E-state index contributed by atoms with van der Waals surface area (Å²) in [5.41, 5.74) is 0.611. The highest BCUT2D eigenvalue weighted by atomic mass is 32.2. The van der Waals surface area contributed by atoms with E-state index in [1.165, 1.54) is 12.8 Å². The van der Waals surface area contributed by atoms with E-state index in [2.05, 4.69) is 24.3 Å². The van der Waals surface area contributed by atoms with Gasteiger partial charge in [0, 0.05) is 11.0 Å². The summed E-state index contributed by atoms with van der Waals surface area (Å²) in [6, 6.07) is 7.76. The normalized spacial score (nSPS) is 19.5. The summed E-state index contributed by atoms with van der Waals surface area (Å²) in [7, 11) is 0. The molecule has 122 valence electrons. The van der Waals surface area contributed by atoms with Crippen LogP contribution in [0, 0.1) is 0 Å². The lowest BCUT2D eigenvalue weighted by molar-refractivity contribution is -0.116. The summed E-state index contributed by atoms with van der Waals surface area (Å²) in [4.78, 5) is 17.4. The van der Waals surface area contributed by atoms with Gasteiger partial charge in [-0.1, -0.05) is 56.7 Å². The van der Waals surface area contributed by atoms with Crippen LogP contribution in [-0.4, -0.2) is 28.0 Å². The van der Waals surface area contributed by atoms with Gasteiger partial charge in [-0.05, 0) is 18.9 Å². The van der Waals surface area contributed by atoms with Gasteiger partial charge in [0.2, 0.25) is 0 Å². The molecule has 0 aromatic heterocycles. The van der Waals surface area contributed by atoms with Crippen molar-refractivity contribution in [3.8, 4) is 0 Å². The number of hydrogen-bond donors (Lipinski definition) is 1. The third-order valence-electron chi connectivity index (χ3n) is 3.94. The highest BCUT2D eigenvalue weighted by Crippen LogP contribution is 2.22. The van der Waals surface area contributed by atoms with Crippen molar-refractivity contribution in [3.63, 3.8) is 0 Å². The Labute approximate surface area is 140 Å². The average Bonchev–Trinajstić information content (AvgIpc) is 2.57. The fourth-order valence-electron chi connectivity index (χ4n) is 2.75. The van der Waals surface area contributed by atoms with E-state index in [0.717, 1.165) is 29.2 Å². The maximum Gasteiger partial charge on any atom is 0.276 e. The zero-order chi connectivity index (χ0) is 16.2. The Morgan fingerprint density at radius 2 is 2.09 bits per heavy atom. The van der Waals surface area contributed by atoms with Crippen molar-refractivity contribution in [1.82, 2.24) is 10.3 Å². The highest BCUT2D eigenvalue weighted by Gasteiger charge is 2.32. The highest BCUT2D eigenvalue weighted by molar-refractivity contribution is 8.13. The number of fused-ring (bicyclic) bond motifs is 2. The molecular weight excluding hydrogens is 308 g/mol. The van der Waals surface area contributed by atoms with Gasteiger partial charge < -0.3 is 0 Å². The Kier molecular flexibility index (Phi) is 5.00. The van der Waals surface area contributed by atoms with E-state index >= 15 is 0 Å². The SMILES string of the molecule is CCCCCSC1=NN2C(=c3ccccc3=N[C@H]2CC)C(=O)N1. The maximum absolute atomic E-state index is 12.6. The van der Waals surface area contributed by atoms with Crippen LogP contribution in [0.3, 0.4) is 0 Å². The molecule has 1 aromatic carbocycles. The summed E-state index contributed by atoms with van der Waals surface area (Å²) >= 11 is 1.61. The Morgan fingerprint density at radius 1 is 1.26 bits per heavy atom. The number of amides is 1. The van der Waals surface area contributed by atoms with E-state index in [1.807, 2.05) is 24.3 Å². The summed E-state index contributed by atoms with van der Waals surface area (Å²) < 4.78 is 0. The number of hydrogen-bond acceptors (Lipinski definition) is 5. The van der Waals surface area contributed by atoms with Gasteiger partial charge in [0.15, 0.2) is 5.17 Å². The monoisotopic (exact) mass is 330 g/mol. The van der Waals surface area contributed by atoms with Crippen molar-refractivity contribution in [2.24, 2.45) is 10.1 Å². The molecule has 1 atom stereocenters. The van der Waals surface area contributed by atoms with Crippen LogP contribution in [0.25, 0.3) is 5.70 Å². The molecule has 5 nitrogen and oxygen atoms in total. The quantitative estimate of drug-likeness (QED) is 0.838. The first-order valence-electron chi connectivity index (χ1n) is 8.23. The lowest BCUT2D eigenvalue weighted by atomic mass is 10.1. The minimum Gasteiger partial charge on any atom is -0.298 e. The molecule has 0 saturated heterocycles. The largest absolute Gasteiger partial charge is 0.298 e. The molecule has 2 heterocycles. The average molecular weight is 330 g/mol. The van der Waals surface area contributed by atoms with E-state index in [4.69, 9.17) is 4.99 Å². The number of rotatable bonds is 5.